The van der Waals surface area contributed by atoms with E-state index in [2.05, 4.69) is 19.2 Å². The second-order valence-corrected chi connectivity index (χ2v) is 11.9. The Bertz CT molecular complexity index is 1070. The molecule has 3 aromatic carbocycles. The van der Waals surface area contributed by atoms with Crippen molar-refractivity contribution < 1.29 is 9.09 Å². The minimum absolute atomic E-state index is 0.361. The maximum atomic E-state index is 14.9. The minimum Gasteiger partial charge on any atom is -0.378 e. The minimum atomic E-state index is -3.53. The zero-order chi connectivity index (χ0) is 24.0. The molecule has 0 radical (unpaired) electrons. The first-order chi connectivity index (χ1) is 15.7. The molecular formula is C26H31Cl2N2O2P. The summed E-state index contributed by atoms with van der Waals surface area (Å²) >= 11 is 13.3. The van der Waals surface area contributed by atoms with Gasteiger partial charge in [0.2, 0.25) is 0 Å². The SMILES string of the molecule is CC(C)CCOP(=O)(c1ccc(N(C)C)cc1)C(Nc1ccccc1)c1c(Cl)cccc1Cl. The third kappa shape index (κ3) is 6.33. The van der Waals surface area contributed by atoms with Crippen molar-refractivity contribution in [1.29, 1.82) is 0 Å². The number of hydrogen-bond acceptors (Lipinski definition) is 4. The van der Waals surface area contributed by atoms with E-state index in [9.17, 15) is 4.57 Å². The fraction of sp³-hybridized carbons (Fsp3) is 0.308. The lowest BCUT2D eigenvalue weighted by Crippen LogP contribution is -2.22. The van der Waals surface area contributed by atoms with Gasteiger partial charge in [-0.25, -0.2) is 0 Å². The fourth-order valence-corrected chi connectivity index (χ4v) is 6.71. The summed E-state index contributed by atoms with van der Waals surface area (Å²) in [4.78, 5) is 2.00. The summed E-state index contributed by atoms with van der Waals surface area (Å²) in [6.45, 7) is 4.59. The molecule has 2 atom stereocenters. The summed E-state index contributed by atoms with van der Waals surface area (Å²) in [5.74, 6) is -0.350. The van der Waals surface area contributed by atoms with Crippen LogP contribution in [0.2, 0.25) is 10.0 Å². The second kappa shape index (κ2) is 11.4. The number of anilines is 2. The van der Waals surface area contributed by atoms with Crippen LogP contribution in [0.4, 0.5) is 11.4 Å². The molecule has 0 aliphatic carbocycles. The summed E-state index contributed by atoms with van der Waals surface area (Å²) in [7, 11) is 0.411. The fourth-order valence-electron chi connectivity index (χ4n) is 3.47. The van der Waals surface area contributed by atoms with Crippen molar-refractivity contribution in [2.45, 2.75) is 26.1 Å². The Kier molecular flexibility index (Phi) is 8.89. The van der Waals surface area contributed by atoms with Crippen LogP contribution in [0, 0.1) is 5.92 Å². The molecule has 0 saturated heterocycles. The Morgan fingerprint density at radius 2 is 1.52 bits per heavy atom. The van der Waals surface area contributed by atoms with Gasteiger partial charge in [0, 0.05) is 46.4 Å². The number of halogens is 2. The Morgan fingerprint density at radius 3 is 2.06 bits per heavy atom. The molecule has 1 N–H and O–H groups in total. The monoisotopic (exact) mass is 504 g/mol. The number of nitrogens with zero attached hydrogens (tertiary/aromatic N) is 1. The topological polar surface area (TPSA) is 41.6 Å². The van der Waals surface area contributed by atoms with E-state index in [0.29, 0.717) is 33.4 Å². The van der Waals surface area contributed by atoms with Crippen LogP contribution in [0.5, 0.6) is 0 Å². The van der Waals surface area contributed by atoms with Crippen molar-refractivity contribution in [2.24, 2.45) is 5.92 Å². The van der Waals surface area contributed by atoms with Gasteiger partial charge in [0.25, 0.3) is 7.37 Å². The van der Waals surface area contributed by atoms with E-state index < -0.39 is 13.2 Å². The maximum absolute atomic E-state index is 14.9. The molecule has 4 nitrogen and oxygen atoms in total. The molecule has 0 aliphatic rings. The van der Waals surface area contributed by atoms with E-state index in [0.717, 1.165) is 17.8 Å². The predicted octanol–water partition coefficient (Wildman–Crippen LogP) is 7.84. The highest BCUT2D eigenvalue weighted by molar-refractivity contribution is 7.67. The second-order valence-electron chi connectivity index (χ2n) is 8.57. The summed E-state index contributed by atoms with van der Waals surface area (Å²) in [5, 5.41) is 4.91. The maximum Gasteiger partial charge on any atom is 0.258 e. The van der Waals surface area contributed by atoms with Gasteiger partial charge in [0.05, 0.1) is 6.61 Å². The normalized spacial score (nSPS) is 14.0. The molecule has 3 rings (SSSR count). The van der Waals surface area contributed by atoms with Crippen LogP contribution in [-0.4, -0.2) is 20.7 Å². The van der Waals surface area contributed by atoms with Gasteiger partial charge in [-0.1, -0.05) is 61.3 Å². The van der Waals surface area contributed by atoms with E-state index in [1.54, 1.807) is 18.2 Å². The summed E-state index contributed by atoms with van der Waals surface area (Å²) in [5.41, 5.74) is 2.38. The molecular weight excluding hydrogens is 474 g/mol. The van der Waals surface area contributed by atoms with Crippen molar-refractivity contribution >= 4 is 47.3 Å². The standard InChI is InChI=1S/C26H31Cl2N2O2P/c1-19(2)17-18-32-33(31,22-15-13-21(14-16-22)30(3)4)26(29-20-9-6-5-7-10-20)25-23(27)11-8-12-24(25)28/h5-16,19,26,29H,17-18H2,1-4H3. The van der Waals surface area contributed by atoms with Crippen molar-refractivity contribution in [3.63, 3.8) is 0 Å². The average molecular weight is 505 g/mol. The van der Waals surface area contributed by atoms with Crippen LogP contribution in [0.1, 0.15) is 31.6 Å². The molecule has 7 heteroatoms. The largest absolute Gasteiger partial charge is 0.378 e. The third-order valence-electron chi connectivity index (χ3n) is 5.39. The Morgan fingerprint density at radius 1 is 0.909 bits per heavy atom. The van der Waals surface area contributed by atoms with Gasteiger partial charge < -0.3 is 14.7 Å². The van der Waals surface area contributed by atoms with E-state index in [1.165, 1.54) is 0 Å². The van der Waals surface area contributed by atoms with Gasteiger partial charge in [-0.3, -0.25) is 4.57 Å². The molecule has 0 heterocycles. The first-order valence-electron chi connectivity index (χ1n) is 11.0. The van der Waals surface area contributed by atoms with Crippen molar-refractivity contribution in [3.8, 4) is 0 Å². The lowest BCUT2D eigenvalue weighted by Gasteiger charge is -2.31. The zero-order valence-corrected chi connectivity index (χ0v) is 21.9. The number of rotatable bonds is 10. The van der Waals surface area contributed by atoms with E-state index in [1.807, 2.05) is 73.6 Å². The lowest BCUT2D eigenvalue weighted by molar-refractivity contribution is 0.290. The van der Waals surface area contributed by atoms with Crippen LogP contribution >= 0.6 is 30.6 Å². The Balaban J connectivity index is 2.16. The van der Waals surface area contributed by atoms with Gasteiger partial charge >= 0.3 is 0 Å². The van der Waals surface area contributed by atoms with Gasteiger partial charge in [-0.2, -0.15) is 0 Å². The molecule has 2 unspecified atom stereocenters. The molecule has 3 aromatic rings. The molecule has 0 bridgehead atoms. The molecule has 0 amide bonds. The summed E-state index contributed by atoms with van der Waals surface area (Å²) < 4.78 is 21.2. The van der Waals surface area contributed by atoms with Crippen molar-refractivity contribution in [3.05, 3.63) is 88.4 Å². The quantitative estimate of drug-likeness (QED) is 0.285. The molecule has 0 fully saturated rings. The van der Waals surface area contributed by atoms with Crippen LogP contribution in [0.15, 0.2) is 72.8 Å². The van der Waals surface area contributed by atoms with Crippen LogP contribution in [0.3, 0.4) is 0 Å². The first-order valence-corrected chi connectivity index (χ1v) is 13.4. The molecule has 0 saturated carbocycles. The third-order valence-corrected chi connectivity index (χ3v) is 8.70. The van der Waals surface area contributed by atoms with Gasteiger partial charge in [0.1, 0.15) is 5.78 Å². The highest BCUT2D eigenvalue weighted by Crippen LogP contribution is 2.61. The van der Waals surface area contributed by atoms with Gasteiger partial charge in [-0.15, -0.1) is 0 Å². The van der Waals surface area contributed by atoms with Crippen LogP contribution in [0.25, 0.3) is 0 Å². The highest BCUT2D eigenvalue weighted by atomic mass is 35.5. The summed E-state index contributed by atoms with van der Waals surface area (Å²) in [6.07, 6.45) is 0.786. The Labute approximate surface area is 207 Å². The smallest absolute Gasteiger partial charge is 0.258 e. The van der Waals surface area contributed by atoms with Gasteiger partial charge in [-0.05, 0) is 60.9 Å². The number of nitrogens with one attached hydrogen (secondary N) is 1. The van der Waals surface area contributed by atoms with E-state index in [-0.39, 0.29) is 0 Å². The Hall–Kier alpha value is -1.97. The number of para-hydroxylation sites is 1. The van der Waals surface area contributed by atoms with Crippen LogP contribution in [-0.2, 0) is 9.09 Å². The molecule has 0 aliphatic heterocycles. The zero-order valence-electron chi connectivity index (χ0n) is 19.5. The molecule has 0 aromatic heterocycles. The number of benzene rings is 3. The predicted molar refractivity (Wildman–Crippen MR) is 143 cm³/mol. The highest BCUT2D eigenvalue weighted by Gasteiger charge is 2.40. The first kappa shape index (κ1) is 25.6. The van der Waals surface area contributed by atoms with Crippen molar-refractivity contribution in [1.82, 2.24) is 0 Å². The molecule has 33 heavy (non-hydrogen) atoms. The lowest BCUT2D eigenvalue weighted by atomic mass is 10.2. The molecule has 0 spiro atoms. The molecule has 176 valence electrons. The van der Waals surface area contributed by atoms with Crippen molar-refractivity contribution in [2.75, 3.05) is 30.9 Å². The number of hydrogen-bond donors (Lipinski definition) is 1. The van der Waals surface area contributed by atoms with Gasteiger partial charge in [0.15, 0.2) is 0 Å². The van der Waals surface area contributed by atoms with E-state index >= 15 is 0 Å². The van der Waals surface area contributed by atoms with E-state index in [4.69, 9.17) is 27.7 Å². The summed E-state index contributed by atoms with van der Waals surface area (Å²) in [6, 6.07) is 22.6. The average Bonchev–Trinajstić information content (AvgIpc) is 2.78. The van der Waals surface area contributed by atoms with Crippen LogP contribution < -0.4 is 15.5 Å².